The van der Waals surface area contributed by atoms with Gasteiger partial charge in [0.15, 0.2) is 0 Å². The molecule has 0 amide bonds. The van der Waals surface area contributed by atoms with E-state index in [4.69, 9.17) is 4.98 Å². The zero-order valence-electron chi connectivity index (χ0n) is 13.1. The second-order valence-corrected chi connectivity index (χ2v) is 7.36. The van der Waals surface area contributed by atoms with E-state index in [1.165, 1.54) is 38.8 Å². The summed E-state index contributed by atoms with van der Waals surface area (Å²) < 4.78 is 0.901. The zero-order valence-corrected chi connectivity index (χ0v) is 14.6. The molecule has 3 rings (SSSR count). The molecule has 4 nitrogen and oxygen atoms in total. The molecule has 2 saturated heterocycles. The molecule has 0 aromatic carbocycles. The number of rotatable bonds is 3. The second kappa shape index (κ2) is 6.61. The predicted molar refractivity (Wildman–Crippen MR) is 89.9 cm³/mol. The first-order chi connectivity index (χ1) is 10.1. The Bertz CT molecular complexity index is 485. The molecule has 2 aliphatic heterocycles. The lowest BCUT2D eigenvalue weighted by atomic mass is 10.1. The fraction of sp³-hybridized carbons (Fsp3) is 0.750. The van der Waals surface area contributed by atoms with Crippen molar-refractivity contribution in [2.75, 3.05) is 31.1 Å². The molecule has 5 heteroatoms. The Morgan fingerprint density at radius 2 is 1.90 bits per heavy atom. The van der Waals surface area contributed by atoms with Crippen LogP contribution in [0.4, 0.5) is 5.82 Å². The van der Waals surface area contributed by atoms with E-state index in [1.807, 2.05) is 0 Å². The van der Waals surface area contributed by atoms with E-state index >= 15 is 0 Å². The third-order valence-corrected chi connectivity index (χ3v) is 5.02. The lowest BCUT2D eigenvalue weighted by Gasteiger charge is -2.32. The van der Waals surface area contributed by atoms with Gasteiger partial charge in [0, 0.05) is 31.1 Å². The monoisotopic (exact) mass is 352 g/mol. The van der Waals surface area contributed by atoms with Crippen molar-refractivity contribution in [1.29, 1.82) is 0 Å². The van der Waals surface area contributed by atoms with E-state index in [2.05, 4.69) is 50.6 Å². The molecule has 1 aromatic heterocycles. The van der Waals surface area contributed by atoms with Crippen molar-refractivity contribution in [3.63, 3.8) is 0 Å². The van der Waals surface area contributed by atoms with Crippen LogP contribution in [-0.2, 0) is 0 Å². The number of anilines is 1. The van der Waals surface area contributed by atoms with Crippen molar-refractivity contribution >= 4 is 21.7 Å². The van der Waals surface area contributed by atoms with Crippen LogP contribution in [0.25, 0.3) is 0 Å². The summed E-state index contributed by atoms with van der Waals surface area (Å²) in [7, 11) is 0. The van der Waals surface area contributed by atoms with Crippen molar-refractivity contribution in [1.82, 2.24) is 14.9 Å². The zero-order chi connectivity index (χ0) is 14.8. The molecule has 0 aliphatic carbocycles. The van der Waals surface area contributed by atoms with Crippen LogP contribution in [0.3, 0.4) is 0 Å². The van der Waals surface area contributed by atoms with E-state index in [9.17, 15) is 0 Å². The molecule has 1 aromatic rings. The van der Waals surface area contributed by atoms with E-state index in [0.717, 1.165) is 29.3 Å². The predicted octanol–water partition coefficient (Wildman–Crippen LogP) is 3.43. The number of piperidine rings is 1. The normalized spacial score (nSPS) is 24.0. The van der Waals surface area contributed by atoms with Gasteiger partial charge in [0.2, 0.25) is 0 Å². The molecule has 2 aliphatic rings. The fourth-order valence-corrected chi connectivity index (χ4v) is 3.76. The molecular formula is C16H25BrN4. The summed E-state index contributed by atoms with van der Waals surface area (Å²) in [5, 5.41) is 0. The van der Waals surface area contributed by atoms with Crippen molar-refractivity contribution in [2.24, 2.45) is 0 Å². The minimum atomic E-state index is 0.363. The highest BCUT2D eigenvalue weighted by Crippen LogP contribution is 2.26. The van der Waals surface area contributed by atoms with Crippen LogP contribution >= 0.6 is 15.9 Å². The summed E-state index contributed by atoms with van der Waals surface area (Å²) in [6, 6.07) is 2.77. The second-order valence-electron chi connectivity index (χ2n) is 6.55. The largest absolute Gasteiger partial charge is 0.355 e. The summed E-state index contributed by atoms with van der Waals surface area (Å²) in [6.07, 6.45) is 5.41. The van der Waals surface area contributed by atoms with Gasteiger partial charge in [-0.3, -0.25) is 4.90 Å². The molecule has 0 radical (unpaired) electrons. The van der Waals surface area contributed by atoms with Crippen LogP contribution in [-0.4, -0.2) is 47.1 Å². The van der Waals surface area contributed by atoms with Gasteiger partial charge in [-0.1, -0.05) is 20.3 Å². The number of nitrogens with zero attached hydrogens (tertiary/aromatic N) is 4. The van der Waals surface area contributed by atoms with Gasteiger partial charge in [0.05, 0.1) is 0 Å². The van der Waals surface area contributed by atoms with E-state index < -0.39 is 0 Å². The topological polar surface area (TPSA) is 32.3 Å². The Morgan fingerprint density at radius 3 is 2.62 bits per heavy atom. The Hall–Kier alpha value is -0.680. The Labute approximate surface area is 136 Å². The highest BCUT2D eigenvalue weighted by molar-refractivity contribution is 9.10. The molecule has 2 fully saturated rings. The SMILES string of the molecule is CC(C)c1nc(Br)cc(N2CCC(N3CCCCC3)C2)n1. The van der Waals surface area contributed by atoms with E-state index in [0.29, 0.717) is 12.0 Å². The van der Waals surface area contributed by atoms with E-state index in [1.54, 1.807) is 0 Å². The average molecular weight is 353 g/mol. The lowest BCUT2D eigenvalue weighted by molar-refractivity contribution is 0.175. The quantitative estimate of drug-likeness (QED) is 0.780. The van der Waals surface area contributed by atoms with Crippen LogP contribution < -0.4 is 4.90 Å². The average Bonchev–Trinajstić information content (AvgIpc) is 2.97. The molecular weight excluding hydrogens is 328 g/mol. The number of aromatic nitrogens is 2. The number of hydrogen-bond acceptors (Lipinski definition) is 4. The minimum Gasteiger partial charge on any atom is -0.355 e. The van der Waals surface area contributed by atoms with Gasteiger partial charge in [-0.05, 0) is 48.3 Å². The van der Waals surface area contributed by atoms with Gasteiger partial charge in [-0.15, -0.1) is 0 Å². The van der Waals surface area contributed by atoms with Crippen LogP contribution in [0, 0.1) is 0 Å². The van der Waals surface area contributed by atoms with Crippen molar-refractivity contribution in [3.05, 3.63) is 16.5 Å². The first-order valence-corrected chi connectivity index (χ1v) is 8.96. The van der Waals surface area contributed by atoms with Gasteiger partial charge in [-0.25, -0.2) is 9.97 Å². The van der Waals surface area contributed by atoms with Crippen LogP contribution in [0.1, 0.15) is 51.3 Å². The number of likely N-dealkylation sites (tertiary alicyclic amines) is 1. The maximum Gasteiger partial charge on any atom is 0.134 e. The molecule has 116 valence electrons. The third-order valence-electron chi connectivity index (χ3n) is 4.61. The van der Waals surface area contributed by atoms with E-state index in [-0.39, 0.29) is 0 Å². The van der Waals surface area contributed by atoms with Crippen LogP contribution in [0.2, 0.25) is 0 Å². The highest BCUT2D eigenvalue weighted by Gasteiger charge is 2.29. The number of hydrogen-bond donors (Lipinski definition) is 0. The van der Waals surface area contributed by atoms with Crippen LogP contribution in [0.15, 0.2) is 10.7 Å². The van der Waals surface area contributed by atoms with Gasteiger partial charge < -0.3 is 4.90 Å². The maximum atomic E-state index is 4.76. The van der Waals surface area contributed by atoms with Gasteiger partial charge in [-0.2, -0.15) is 0 Å². The Morgan fingerprint density at radius 1 is 1.14 bits per heavy atom. The van der Waals surface area contributed by atoms with Gasteiger partial charge in [0.25, 0.3) is 0 Å². The number of halogens is 1. The lowest BCUT2D eigenvalue weighted by Crippen LogP contribution is -2.41. The fourth-order valence-electron chi connectivity index (χ4n) is 3.37. The summed E-state index contributed by atoms with van der Waals surface area (Å²) in [4.78, 5) is 14.4. The molecule has 1 unspecified atom stereocenters. The smallest absolute Gasteiger partial charge is 0.134 e. The van der Waals surface area contributed by atoms with Crippen molar-refractivity contribution < 1.29 is 0 Å². The molecule has 0 N–H and O–H groups in total. The third kappa shape index (κ3) is 3.57. The summed E-state index contributed by atoms with van der Waals surface area (Å²) in [6.45, 7) is 9.08. The molecule has 0 bridgehead atoms. The summed E-state index contributed by atoms with van der Waals surface area (Å²) in [5.41, 5.74) is 0. The summed E-state index contributed by atoms with van der Waals surface area (Å²) >= 11 is 3.53. The van der Waals surface area contributed by atoms with Crippen molar-refractivity contribution in [3.8, 4) is 0 Å². The summed E-state index contributed by atoms with van der Waals surface area (Å²) in [5.74, 6) is 2.38. The first kappa shape index (κ1) is 15.2. The molecule has 0 spiro atoms. The molecule has 3 heterocycles. The molecule has 1 atom stereocenters. The van der Waals surface area contributed by atoms with Crippen LogP contribution in [0.5, 0.6) is 0 Å². The first-order valence-electron chi connectivity index (χ1n) is 8.17. The van der Waals surface area contributed by atoms with Crippen molar-refractivity contribution in [2.45, 2.75) is 51.5 Å². The standard InChI is InChI=1S/C16H25BrN4/c1-12(2)16-18-14(17)10-15(19-16)21-9-6-13(11-21)20-7-4-3-5-8-20/h10,12-13H,3-9,11H2,1-2H3. The van der Waals surface area contributed by atoms with Gasteiger partial charge >= 0.3 is 0 Å². The molecule has 21 heavy (non-hydrogen) atoms. The van der Waals surface area contributed by atoms with Gasteiger partial charge in [0.1, 0.15) is 16.2 Å². The molecule has 0 saturated carbocycles. The highest BCUT2D eigenvalue weighted by atomic mass is 79.9. The Kier molecular flexibility index (Phi) is 4.79. The minimum absolute atomic E-state index is 0.363. The maximum absolute atomic E-state index is 4.76. The Balaban J connectivity index is 1.70.